The number of primary amides is 1. The molecule has 4 N–H and O–H groups in total. The van der Waals surface area contributed by atoms with Gasteiger partial charge in [-0.25, -0.2) is 0 Å². The Morgan fingerprint density at radius 1 is 1.38 bits per heavy atom. The Bertz CT molecular complexity index is 370. The zero-order valence-electron chi connectivity index (χ0n) is 12.6. The lowest BCUT2D eigenvalue weighted by Crippen LogP contribution is -2.49. The molecule has 0 saturated carbocycles. The van der Waals surface area contributed by atoms with E-state index in [9.17, 15) is 14.4 Å². The summed E-state index contributed by atoms with van der Waals surface area (Å²) in [5, 5.41) is 5.54. The van der Waals surface area contributed by atoms with E-state index in [1.807, 2.05) is 13.8 Å². The zero-order chi connectivity index (χ0) is 15.1. The first-order valence-corrected chi connectivity index (χ1v) is 6.97. The lowest BCUT2D eigenvalue weighted by Gasteiger charge is -2.26. The number of carbonyl (C=O) groups is 3. The molecule has 1 aliphatic rings. The molecule has 1 atom stereocenters. The van der Waals surface area contributed by atoms with Crippen LogP contribution in [-0.2, 0) is 14.4 Å². The maximum Gasteiger partial charge on any atom is 0.240 e. The predicted molar refractivity (Wildman–Crippen MR) is 81.9 cm³/mol. The maximum atomic E-state index is 12.3. The summed E-state index contributed by atoms with van der Waals surface area (Å²) >= 11 is 0. The molecule has 0 unspecified atom stereocenters. The molecule has 1 heterocycles. The van der Waals surface area contributed by atoms with Crippen LogP contribution in [0.2, 0.25) is 0 Å². The van der Waals surface area contributed by atoms with Crippen LogP contribution in [0.5, 0.6) is 0 Å². The number of amides is 3. The first-order chi connectivity index (χ1) is 9.40. The predicted octanol–water partition coefficient (Wildman–Crippen LogP) is -0.754. The average Bonchev–Trinajstić information content (AvgIpc) is 2.88. The number of hydrogen-bond acceptors (Lipinski definition) is 4. The third-order valence-electron chi connectivity index (χ3n) is 3.05. The third kappa shape index (κ3) is 7.29. The van der Waals surface area contributed by atoms with Crippen molar-refractivity contribution in [3.63, 3.8) is 0 Å². The van der Waals surface area contributed by atoms with E-state index in [2.05, 4.69) is 10.6 Å². The van der Waals surface area contributed by atoms with Gasteiger partial charge in [-0.1, -0.05) is 13.8 Å². The molecule has 0 aromatic heterocycles. The molecule has 0 aromatic carbocycles. The van der Waals surface area contributed by atoms with Crippen LogP contribution in [0.1, 0.15) is 26.7 Å². The van der Waals surface area contributed by atoms with Gasteiger partial charge in [-0.05, 0) is 25.3 Å². The normalized spacial score (nSPS) is 17.2. The van der Waals surface area contributed by atoms with E-state index in [1.165, 1.54) is 0 Å². The molecule has 3 amide bonds. The minimum absolute atomic E-state index is 0. The van der Waals surface area contributed by atoms with Crippen LogP contribution in [0.4, 0.5) is 0 Å². The molecule has 8 heteroatoms. The monoisotopic (exact) mass is 320 g/mol. The van der Waals surface area contributed by atoms with Crippen LogP contribution < -0.4 is 16.4 Å². The number of halogens is 1. The van der Waals surface area contributed by atoms with E-state index in [1.54, 1.807) is 4.90 Å². The lowest BCUT2D eigenvalue weighted by atomic mass is 10.1. The molecule has 122 valence electrons. The van der Waals surface area contributed by atoms with E-state index >= 15 is 0 Å². The molecule has 7 nitrogen and oxygen atoms in total. The quantitative estimate of drug-likeness (QED) is 0.574. The number of hydrogen-bond donors (Lipinski definition) is 3. The summed E-state index contributed by atoms with van der Waals surface area (Å²) in [5.41, 5.74) is 4.97. The van der Waals surface area contributed by atoms with Gasteiger partial charge in [0.25, 0.3) is 0 Å². The van der Waals surface area contributed by atoms with Crippen LogP contribution in [-0.4, -0.2) is 54.8 Å². The Morgan fingerprint density at radius 2 is 2.05 bits per heavy atom. The van der Waals surface area contributed by atoms with E-state index in [0.717, 1.165) is 19.4 Å². The van der Waals surface area contributed by atoms with Gasteiger partial charge in [0.1, 0.15) is 0 Å². The van der Waals surface area contributed by atoms with Crippen molar-refractivity contribution in [1.29, 1.82) is 0 Å². The molecule has 1 fully saturated rings. The van der Waals surface area contributed by atoms with Crippen molar-refractivity contribution in [3.8, 4) is 0 Å². The van der Waals surface area contributed by atoms with Crippen molar-refractivity contribution in [2.24, 2.45) is 11.7 Å². The van der Waals surface area contributed by atoms with Crippen molar-refractivity contribution >= 4 is 30.1 Å². The van der Waals surface area contributed by atoms with Crippen molar-refractivity contribution in [2.75, 3.05) is 26.2 Å². The van der Waals surface area contributed by atoms with Gasteiger partial charge in [-0.15, -0.1) is 12.4 Å². The minimum Gasteiger partial charge on any atom is -0.368 e. The molecule has 0 radical (unpaired) electrons. The molecule has 1 aliphatic heterocycles. The van der Waals surface area contributed by atoms with Crippen LogP contribution in [0.3, 0.4) is 0 Å². The van der Waals surface area contributed by atoms with E-state index < -0.39 is 5.91 Å². The summed E-state index contributed by atoms with van der Waals surface area (Å²) in [6, 6.07) is -0.197. The number of nitrogens with one attached hydrogen (secondary N) is 2. The first kappa shape index (κ1) is 19.7. The summed E-state index contributed by atoms with van der Waals surface area (Å²) in [7, 11) is 0. The second kappa shape index (κ2) is 9.57. The van der Waals surface area contributed by atoms with Gasteiger partial charge in [0.15, 0.2) is 0 Å². The standard InChI is InChI=1S/C13H24N4O3.ClH/c1-9(2)7-17(8-12(19)16-6-11(14)18)13(20)10-4-3-5-15-10;/h9-10,15H,3-8H2,1-2H3,(H2,14,18)(H,16,19);1H/t10-;/m0./s1. The lowest BCUT2D eigenvalue weighted by molar-refractivity contribution is -0.138. The number of nitrogens with zero attached hydrogens (tertiary/aromatic N) is 1. The summed E-state index contributed by atoms with van der Waals surface area (Å²) in [6.07, 6.45) is 1.77. The van der Waals surface area contributed by atoms with Crippen LogP contribution in [0, 0.1) is 5.92 Å². The fourth-order valence-corrected chi connectivity index (χ4v) is 2.20. The van der Waals surface area contributed by atoms with Crippen LogP contribution in [0.25, 0.3) is 0 Å². The molecule has 1 rings (SSSR count). The topological polar surface area (TPSA) is 105 Å². The fraction of sp³-hybridized carbons (Fsp3) is 0.769. The average molecular weight is 321 g/mol. The molecule has 1 saturated heterocycles. The molecule has 0 aliphatic carbocycles. The molecule has 0 aromatic rings. The summed E-state index contributed by atoms with van der Waals surface area (Å²) < 4.78 is 0. The van der Waals surface area contributed by atoms with Gasteiger partial charge in [0, 0.05) is 6.54 Å². The largest absolute Gasteiger partial charge is 0.368 e. The van der Waals surface area contributed by atoms with E-state index in [4.69, 9.17) is 5.73 Å². The second-order valence-corrected chi connectivity index (χ2v) is 5.50. The van der Waals surface area contributed by atoms with Gasteiger partial charge in [0.2, 0.25) is 17.7 Å². The Hall–Kier alpha value is -1.34. The van der Waals surface area contributed by atoms with Gasteiger partial charge < -0.3 is 21.3 Å². The number of rotatable bonds is 7. The van der Waals surface area contributed by atoms with Crippen molar-refractivity contribution in [2.45, 2.75) is 32.7 Å². The highest BCUT2D eigenvalue weighted by Crippen LogP contribution is 2.10. The highest BCUT2D eigenvalue weighted by molar-refractivity contribution is 5.89. The fourth-order valence-electron chi connectivity index (χ4n) is 2.20. The van der Waals surface area contributed by atoms with E-state index in [-0.39, 0.29) is 49.3 Å². The summed E-state index contributed by atoms with van der Waals surface area (Å²) in [4.78, 5) is 36.2. The van der Waals surface area contributed by atoms with Crippen molar-refractivity contribution in [3.05, 3.63) is 0 Å². The highest BCUT2D eigenvalue weighted by Gasteiger charge is 2.28. The molecule has 0 bridgehead atoms. The molecular weight excluding hydrogens is 296 g/mol. The van der Waals surface area contributed by atoms with Gasteiger partial charge in [0.05, 0.1) is 19.1 Å². The molecular formula is C13H25ClN4O3. The van der Waals surface area contributed by atoms with Gasteiger partial charge >= 0.3 is 0 Å². The SMILES string of the molecule is CC(C)CN(CC(=O)NCC(N)=O)C(=O)[C@@H]1CCCN1.Cl. The highest BCUT2D eigenvalue weighted by atomic mass is 35.5. The molecule has 21 heavy (non-hydrogen) atoms. The van der Waals surface area contributed by atoms with Gasteiger partial charge in [-0.2, -0.15) is 0 Å². The molecule has 0 spiro atoms. The minimum atomic E-state index is -0.599. The second-order valence-electron chi connectivity index (χ2n) is 5.50. The number of nitrogens with two attached hydrogens (primary N) is 1. The Morgan fingerprint density at radius 3 is 2.52 bits per heavy atom. The zero-order valence-corrected chi connectivity index (χ0v) is 13.4. The van der Waals surface area contributed by atoms with Crippen molar-refractivity contribution < 1.29 is 14.4 Å². The Balaban J connectivity index is 0.00000400. The van der Waals surface area contributed by atoms with Crippen LogP contribution in [0.15, 0.2) is 0 Å². The van der Waals surface area contributed by atoms with Gasteiger partial charge in [-0.3, -0.25) is 14.4 Å². The Labute approximate surface area is 131 Å². The number of carbonyl (C=O) groups excluding carboxylic acids is 3. The Kier molecular flexibility index (Phi) is 8.96. The first-order valence-electron chi connectivity index (χ1n) is 6.97. The third-order valence-corrected chi connectivity index (χ3v) is 3.05. The summed E-state index contributed by atoms with van der Waals surface area (Å²) in [5.74, 6) is -0.747. The smallest absolute Gasteiger partial charge is 0.240 e. The maximum absolute atomic E-state index is 12.3. The summed E-state index contributed by atoms with van der Waals surface area (Å²) in [6.45, 7) is 5.08. The van der Waals surface area contributed by atoms with Crippen molar-refractivity contribution in [1.82, 2.24) is 15.5 Å². The van der Waals surface area contributed by atoms with E-state index in [0.29, 0.717) is 6.54 Å². The van der Waals surface area contributed by atoms with Crippen LogP contribution >= 0.6 is 12.4 Å².